The van der Waals surface area contributed by atoms with Gasteiger partial charge in [-0.2, -0.15) is 0 Å². The molecular formula is C46H53FN6O4. The molecule has 7 rings (SSSR count). The van der Waals surface area contributed by atoms with Gasteiger partial charge in [-0.3, -0.25) is 14.7 Å². The zero-order valence-electron chi connectivity index (χ0n) is 33.2. The number of carbonyl (C=O) groups excluding carboxylic acids is 1. The number of aromatic nitrogens is 3. The molecule has 57 heavy (non-hydrogen) atoms. The molecule has 0 N–H and O–H groups in total. The summed E-state index contributed by atoms with van der Waals surface area (Å²) >= 11 is 0. The summed E-state index contributed by atoms with van der Waals surface area (Å²) in [4.78, 5) is 33.6. The van der Waals surface area contributed by atoms with Crippen molar-refractivity contribution in [2.24, 2.45) is 0 Å². The van der Waals surface area contributed by atoms with Gasteiger partial charge in [-0.1, -0.05) is 60.7 Å². The quantitative estimate of drug-likeness (QED) is 0.0913. The summed E-state index contributed by atoms with van der Waals surface area (Å²) in [6.07, 6.45) is 9.23. The Morgan fingerprint density at radius 2 is 1.67 bits per heavy atom. The summed E-state index contributed by atoms with van der Waals surface area (Å²) in [5.74, 6) is 1.40. The van der Waals surface area contributed by atoms with Gasteiger partial charge in [0.15, 0.2) is 11.6 Å². The lowest BCUT2D eigenvalue weighted by Gasteiger charge is -2.39. The van der Waals surface area contributed by atoms with Crippen molar-refractivity contribution in [2.45, 2.75) is 84.2 Å². The van der Waals surface area contributed by atoms with Crippen LogP contribution in [-0.2, 0) is 24.3 Å². The van der Waals surface area contributed by atoms with Crippen LogP contribution in [0.15, 0.2) is 104 Å². The first-order chi connectivity index (χ1) is 27.9. The van der Waals surface area contributed by atoms with Gasteiger partial charge < -0.3 is 24.0 Å². The van der Waals surface area contributed by atoms with Crippen molar-refractivity contribution in [3.05, 3.63) is 137 Å². The maximum absolute atomic E-state index is 14.5. The Balaban J connectivity index is 1.04. The molecule has 11 heteroatoms. The third kappa shape index (κ3) is 9.95. The second-order valence-electron chi connectivity index (χ2n) is 15.0. The number of hydrogen-bond donors (Lipinski definition) is 0. The summed E-state index contributed by atoms with van der Waals surface area (Å²) in [6.45, 7) is 10.7. The molecule has 5 aromatic rings. The first-order valence-corrected chi connectivity index (χ1v) is 20.2. The van der Waals surface area contributed by atoms with Gasteiger partial charge in [0, 0.05) is 82.4 Å². The van der Waals surface area contributed by atoms with Crippen LogP contribution in [0.5, 0.6) is 17.2 Å². The summed E-state index contributed by atoms with van der Waals surface area (Å²) in [6, 6.07) is 27.1. The van der Waals surface area contributed by atoms with Crippen molar-refractivity contribution < 1.29 is 23.4 Å². The average Bonchev–Trinajstić information content (AvgIpc) is 3.23. The predicted octanol–water partition coefficient (Wildman–Crippen LogP) is 8.82. The Bertz CT molecular complexity index is 2060. The number of rotatable bonds is 16. The van der Waals surface area contributed by atoms with E-state index in [1.165, 1.54) is 41.2 Å². The van der Waals surface area contributed by atoms with E-state index in [9.17, 15) is 9.18 Å². The van der Waals surface area contributed by atoms with Gasteiger partial charge in [-0.15, -0.1) is 0 Å². The lowest BCUT2D eigenvalue weighted by Crippen LogP contribution is -2.40. The van der Waals surface area contributed by atoms with Crippen molar-refractivity contribution in [1.29, 1.82) is 0 Å². The zero-order valence-corrected chi connectivity index (χ0v) is 33.2. The van der Waals surface area contributed by atoms with Crippen molar-refractivity contribution in [2.75, 3.05) is 37.7 Å². The van der Waals surface area contributed by atoms with Crippen LogP contribution in [0.1, 0.15) is 85.2 Å². The maximum Gasteiger partial charge on any atom is 0.257 e. The minimum Gasteiger partial charge on any atom is -0.490 e. The lowest BCUT2D eigenvalue weighted by atomic mass is 9.91. The zero-order chi connectivity index (χ0) is 39.6. The van der Waals surface area contributed by atoms with E-state index in [-0.39, 0.29) is 35.4 Å². The number of hydrogen-bond acceptors (Lipinski definition) is 9. The highest BCUT2D eigenvalue weighted by atomic mass is 19.1. The number of pyridine rings is 1. The Hall–Kier alpha value is -5.39. The molecule has 1 atom stereocenters. The van der Waals surface area contributed by atoms with Crippen LogP contribution in [0.3, 0.4) is 0 Å². The number of piperidine rings is 1. The molecular weight excluding hydrogens is 720 g/mol. The van der Waals surface area contributed by atoms with Gasteiger partial charge >= 0.3 is 0 Å². The predicted molar refractivity (Wildman–Crippen MR) is 219 cm³/mol. The van der Waals surface area contributed by atoms with E-state index < -0.39 is 5.82 Å². The van der Waals surface area contributed by atoms with Gasteiger partial charge in [0.25, 0.3) is 5.91 Å². The molecule has 3 aromatic carbocycles. The molecule has 0 spiro atoms. The number of halogens is 1. The average molecular weight is 773 g/mol. The Morgan fingerprint density at radius 1 is 0.912 bits per heavy atom. The lowest BCUT2D eigenvalue weighted by molar-refractivity contribution is 0.0713. The third-order valence-corrected chi connectivity index (χ3v) is 10.9. The highest BCUT2D eigenvalue weighted by molar-refractivity contribution is 5.97. The number of nitrogens with zero attached hydrogens (tertiary/aromatic N) is 6. The number of carbonyl (C=O) groups is 1. The van der Waals surface area contributed by atoms with Crippen LogP contribution >= 0.6 is 0 Å². The second kappa shape index (κ2) is 19.2. The van der Waals surface area contributed by atoms with Crippen molar-refractivity contribution >= 4 is 11.7 Å². The van der Waals surface area contributed by atoms with Crippen LogP contribution in [0.4, 0.5) is 10.2 Å². The topological polar surface area (TPSA) is 93.2 Å². The molecule has 0 bridgehead atoms. The number of fused-ring (bicyclic) bond motifs is 1. The highest BCUT2D eigenvalue weighted by Crippen LogP contribution is 2.41. The number of ether oxygens (including phenoxy) is 3. The Labute approximate surface area is 335 Å². The van der Waals surface area contributed by atoms with E-state index in [1.54, 1.807) is 11.1 Å². The molecule has 1 fully saturated rings. The van der Waals surface area contributed by atoms with Crippen LogP contribution in [-0.4, -0.2) is 75.6 Å². The third-order valence-electron chi connectivity index (χ3n) is 10.9. The number of anilines is 1. The monoisotopic (exact) mass is 772 g/mol. The number of benzene rings is 3. The molecule has 10 nitrogen and oxygen atoms in total. The summed E-state index contributed by atoms with van der Waals surface area (Å²) in [7, 11) is 0. The second-order valence-corrected chi connectivity index (χ2v) is 15.0. The summed E-state index contributed by atoms with van der Waals surface area (Å²) in [5.41, 5.74) is 4.94. The summed E-state index contributed by atoms with van der Waals surface area (Å²) in [5, 5.41) is 0. The van der Waals surface area contributed by atoms with Gasteiger partial charge in [-0.25, -0.2) is 14.4 Å². The smallest absolute Gasteiger partial charge is 0.257 e. The van der Waals surface area contributed by atoms with E-state index in [2.05, 4.69) is 62.2 Å². The highest BCUT2D eigenvalue weighted by Gasteiger charge is 2.33. The molecule has 2 aromatic heterocycles. The minimum absolute atomic E-state index is 0.00399. The van der Waals surface area contributed by atoms with Crippen LogP contribution in [0.25, 0.3) is 0 Å². The Kier molecular flexibility index (Phi) is 13.4. The normalized spacial score (nSPS) is 16.0. The molecule has 0 aliphatic carbocycles. The largest absolute Gasteiger partial charge is 0.490 e. The van der Waals surface area contributed by atoms with Crippen molar-refractivity contribution in [3.63, 3.8) is 0 Å². The van der Waals surface area contributed by atoms with Gasteiger partial charge in [0.05, 0.1) is 24.1 Å². The van der Waals surface area contributed by atoms with Crippen LogP contribution < -0.4 is 14.4 Å². The van der Waals surface area contributed by atoms with E-state index in [0.29, 0.717) is 44.4 Å². The molecule has 1 unspecified atom stereocenters. The van der Waals surface area contributed by atoms with E-state index in [1.807, 2.05) is 51.2 Å². The first-order valence-electron chi connectivity index (χ1n) is 20.2. The van der Waals surface area contributed by atoms with E-state index in [0.717, 1.165) is 56.6 Å². The van der Waals surface area contributed by atoms with Gasteiger partial charge in [-0.05, 0) is 69.0 Å². The van der Waals surface area contributed by atoms with Gasteiger partial charge in [0.1, 0.15) is 29.7 Å². The maximum atomic E-state index is 14.5. The fraction of sp³-hybridized carbons (Fsp3) is 0.391. The molecule has 1 amide bonds. The van der Waals surface area contributed by atoms with Gasteiger partial charge in [0.2, 0.25) is 0 Å². The molecule has 2 aliphatic rings. The van der Waals surface area contributed by atoms with Crippen molar-refractivity contribution in [3.8, 4) is 17.2 Å². The van der Waals surface area contributed by atoms with E-state index >= 15 is 0 Å². The van der Waals surface area contributed by atoms with Crippen LogP contribution in [0.2, 0.25) is 0 Å². The fourth-order valence-electron chi connectivity index (χ4n) is 7.98. The molecule has 1 saturated heterocycles. The molecule has 0 radical (unpaired) electrons. The Morgan fingerprint density at radius 3 is 2.40 bits per heavy atom. The van der Waals surface area contributed by atoms with Crippen LogP contribution in [0, 0.1) is 5.82 Å². The van der Waals surface area contributed by atoms with E-state index in [4.69, 9.17) is 19.2 Å². The standard InChI is InChI=1S/C46H53FN6O4/c1-4-53(33(2)3)46(54)38-28-36(47)17-18-41(38)57-43-29-48-32-50-45(43)51-24-20-37(21-25-51)56-42-19-23-49-39-22-26-52(30-34-12-7-5-8-13-34)40(44(39)42)16-11-27-55-31-35-14-9-6-10-15-35/h5-10,12-15,17-19,23,28-29,32-33,37,40H,4,11,16,20-22,24-27,30-31H2,1-3H3. The molecule has 298 valence electrons. The molecule has 4 heterocycles. The fourth-order valence-corrected chi connectivity index (χ4v) is 7.98. The summed E-state index contributed by atoms with van der Waals surface area (Å²) < 4.78 is 33.8. The molecule has 0 saturated carbocycles. The molecule has 2 aliphatic heterocycles. The first kappa shape index (κ1) is 39.8. The van der Waals surface area contributed by atoms with Crippen molar-refractivity contribution in [1.82, 2.24) is 24.8 Å². The minimum atomic E-state index is -0.504. The SMILES string of the molecule is CCN(C(=O)c1cc(F)ccc1Oc1cncnc1N1CCC(Oc2ccnc3c2C(CCCOCc2ccccc2)N(Cc2ccccc2)CC3)CC1)C(C)C. The number of amides is 1.